The highest BCUT2D eigenvalue weighted by atomic mass is 15.3. The summed E-state index contributed by atoms with van der Waals surface area (Å²) in [6, 6.07) is 0. The molecule has 0 atom stereocenters. The van der Waals surface area contributed by atoms with Crippen molar-refractivity contribution in [3.05, 3.63) is 11.6 Å². The zero-order chi connectivity index (χ0) is 13.0. The van der Waals surface area contributed by atoms with Crippen LogP contribution in [0, 0.1) is 6.92 Å². The SMILES string of the molecule is Cc1nnc(CN(C)CCN2CCNCC2)n1C. The molecular formula is C12H24N6. The summed E-state index contributed by atoms with van der Waals surface area (Å²) in [5.74, 6) is 2.01. The summed E-state index contributed by atoms with van der Waals surface area (Å²) in [6.45, 7) is 9.62. The van der Waals surface area contributed by atoms with E-state index in [2.05, 4.69) is 36.9 Å². The Balaban J connectivity index is 1.74. The average Bonchev–Trinajstić information content (AvgIpc) is 2.70. The summed E-state index contributed by atoms with van der Waals surface area (Å²) >= 11 is 0. The number of likely N-dealkylation sites (N-methyl/N-ethyl adjacent to an activating group) is 1. The average molecular weight is 252 g/mol. The largest absolute Gasteiger partial charge is 0.317 e. The van der Waals surface area contributed by atoms with E-state index in [4.69, 9.17) is 0 Å². The van der Waals surface area contributed by atoms with Gasteiger partial charge < -0.3 is 9.88 Å². The fourth-order valence-corrected chi connectivity index (χ4v) is 2.16. The Hall–Kier alpha value is -0.980. The highest BCUT2D eigenvalue weighted by molar-refractivity contribution is 4.92. The number of hydrogen-bond acceptors (Lipinski definition) is 5. The van der Waals surface area contributed by atoms with Crippen molar-refractivity contribution >= 4 is 0 Å². The Morgan fingerprint density at radius 1 is 1.28 bits per heavy atom. The fourth-order valence-electron chi connectivity index (χ4n) is 2.16. The van der Waals surface area contributed by atoms with Gasteiger partial charge in [-0.25, -0.2) is 0 Å². The number of nitrogens with one attached hydrogen (secondary N) is 1. The minimum Gasteiger partial charge on any atom is -0.317 e. The molecule has 0 saturated carbocycles. The van der Waals surface area contributed by atoms with E-state index < -0.39 is 0 Å². The second-order valence-electron chi connectivity index (χ2n) is 5.05. The minimum atomic E-state index is 0.865. The second-order valence-corrected chi connectivity index (χ2v) is 5.05. The molecule has 1 aromatic rings. The molecule has 0 aromatic carbocycles. The molecule has 0 radical (unpaired) electrons. The molecule has 6 nitrogen and oxygen atoms in total. The van der Waals surface area contributed by atoms with Gasteiger partial charge in [0.25, 0.3) is 0 Å². The van der Waals surface area contributed by atoms with Crippen LogP contribution in [0.1, 0.15) is 11.6 Å². The van der Waals surface area contributed by atoms with Crippen molar-refractivity contribution in [3.8, 4) is 0 Å². The normalized spacial score (nSPS) is 17.6. The van der Waals surface area contributed by atoms with Gasteiger partial charge in [-0.05, 0) is 14.0 Å². The molecular weight excluding hydrogens is 228 g/mol. The van der Waals surface area contributed by atoms with Crippen molar-refractivity contribution in [1.29, 1.82) is 0 Å². The first-order valence-corrected chi connectivity index (χ1v) is 6.63. The molecule has 1 fully saturated rings. The van der Waals surface area contributed by atoms with Crippen LogP contribution >= 0.6 is 0 Å². The summed E-state index contributed by atoms with van der Waals surface area (Å²) in [6.07, 6.45) is 0. The first-order chi connectivity index (χ1) is 8.66. The Kier molecular flexibility index (Phi) is 4.68. The molecule has 18 heavy (non-hydrogen) atoms. The zero-order valence-corrected chi connectivity index (χ0v) is 11.7. The van der Waals surface area contributed by atoms with E-state index in [0.717, 1.165) is 57.5 Å². The second kappa shape index (κ2) is 6.26. The van der Waals surface area contributed by atoms with E-state index in [1.54, 1.807) is 0 Å². The number of aromatic nitrogens is 3. The number of piperazine rings is 1. The van der Waals surface area contributed by atoms with Crippen LogP contribution in [0.5, 0.6) is 0 Å². The molecule has 0 aliphatic carbocycles. The molecule has 2 heterocycles. The van der Waals surface area contributed by atoms with Crippen LogP contribution in [0.4, 0.5) is 0 Å². The van der Waals surface area contributed by atoms with Gasteiger partial charge in [-0.1, -0.05) is 0 Å². The van der Waals surface area contributed by atoms with E-state index in [0.29, 0.717) is 0 Å². The van der Waals surface area contributed by atoms with Crippen molar-refractivity contribution in [1.82, 2.24) is 29.9 Å². The molecule has 0 amide bonds. The van der Waals surface area contributed by atoms with Crippen LogP contribution in [-0.2, 0) is 13.6 Å². The monoisotopic (exact) mass is 252 g/mol. The quantitative estimate of drug-likeness (QED) is 0.763. The van der Waals surface area contributed by atoms with Crippen molar-refractivity contribution in [3.63, 3.8) is 0 Å². The van der Waals surface area contributed by atoms with Gasteiger partial charge in [-0.15, -0.1) is 10.2 Å². The molecule has 2 rings (SSSR count). The maximum Gasteiger partial charge on any atom is 0.146 e. The molecule has 6 heteroatoms. The molecule has 1 aliphatic rings. The van der Waals surface area contributed by atoms with Gasteiger partial charge in [-0.3, -0.25) is 9.80 Å². The number of aryl methyl sites for hydroxylation is 1. The fraction of sp³-hybridized carbons (Fsp3) is 0.833. The van der Waals surface area contributed by atoms with Crippen LogP contribution < -0.4 is 5.32 Å². The maximum atomic E-state index is 4.20. The predicted octanol–water partition coefficient (Wildman–Crippen LogP) is -0.539. The maximum absolute atomic E-state index is 4.20. The third-order valence-corrected chi connectivity index (χ3v) is 3.60. The third-order valence-electron chi connectivity index (χ3n) is 3.60. The molecule has 1 aromatic heterocycles. The molecule has 1 saturated heterocycles. The summed E-state index contributed by atoms with van der Waals surface area (Å²) in [5.41, 5.74) is 0. The first-order valence-electron chi connectivity index (χ1n) is 6.63. The van der Waals surface area contributed by atoms with Gasteiger partial charge >= 0.3 is 0 Å². The van der Waals surface area contributed by atoms with Crippen molar-refractivity contribution in [2.45, 2.75) is 13.5 Å². The van der Waals surface area contributed by atoms with Crippen LogP contribution in [0.25, 0.3) is 0 Å². The van der Waals surface area contributed by atoms with Gasteiger partial charge in [0.15, 0.2) is 0 Å². The zero-order valence-electron chi connectivity index (χ0n) is 11.7. The van der Waals surface area contributed by atoms with Crippen LogP contribution in [0.2, 0.25) is 0 Å². The Bertz CT molecular complexity index is 369. The van der Waals surface area contributed by atoms with E-state index >= 15 is 0 Å². The molecule has 0 bridgehead atoms. The smallest absolute Gasteiger partial charge is 0.146 e. The lowest BCUT2D eigenvalue weighted by atomic mass is 10.3. The van der Waals surface area contributed by atoms with Gasteiger partial charge in [-0.2, -0.15) is 0 Å². The Morgan fingerprint density at radius 2 is 2.00 bits per heavy atom. The van der Waals surface area contributed by atoms with Gasteiger partial charge in [0.2, 0.25) is 0 Å². The van der Waals surface area contributed by atoms with E-state index in [9.17, 15) is 0 Å². The highest BCUT2D eigenvalue weighted by Crippen LogP contribution is 2.01. The first kappa shape index (κ1) is 13.5. The molecule has 0 unspecified atom stereocenters. The predicted molar refractivity (Wildman–Crippen MR) is 71.4 cm³/mol. The molecule has 0 spiro atoms. The van der Waals surface area contributed by atoms with E-state index in [-0.39, 0.29) is 0 Å². The lowest BCUT2D eigenvalue weighted by Crippen LogP contribution is -2.45. The summed E-state index contributed by atoms with van der Waals surface area (Å²) < 4.78 is 2.06. The highest BCUT2D eigenvalue weighted by Gasteiger charge is 2.12. The summed E-state index contributed by atoms with van der Waals surface area (Å²) in [4.78, 5) is 4.82. The summed E-state index contributed by atoms with van der Waals surface area (Å²) in [5, 5.41) is 11.7. The topological polar surface area (TPSA) is 49.2 Å². The number of rotatable bonds is 5. The lowest BCUT2D eigenvalue weighted by Gasteiger charge is -2.28. The third kappa shape index (κ3) is 3.51. The number of hydrogen-bond donors (Lipinski definition) is 1. The molecule has 102 valence electrons. The Labute approximate surface area is 109 Å². The van der Waals surface area contributed by atoms with Crippen molar-refractivity contribution in [2.75, 3.05) is 46.3 Å². The minimum absolute atomic E-state index is 0.865. The Morgan fingerprint density at radius 3 is 2.61 bits per heavy atom. The number of nitrogens with zero attached hydrogens (tertiary/aromatic N) is 5. The van der Waals surface area contributed by atoms with Crippen LogP contribution in [0.15, 0.2) is 0 Å². The van der Waals surface area contributed by atoms with E-state index in [1.165, 1.54) is 0 Å². The van der Waals surface area contributed by atoms with Gasteiger partial charge in [0.05, 0.1) is 6.54 Å². The molecule has 1 aliphatic heterocycles. The van der Waals surface area contributed by atoms with Gasteiger partial charge in [0.1, 0.15) is 11.6 Å². The van der Waals surface area contributed by atoms with Crippen molar-refractivity contribution in [2.24, 2.45) is 7.05 Å². The standard InChI is InChI=1S/C12H24N6/c1-11-14-15-12(17(11)3)10-16(2)8-9-18-6-4-13-5-7-18/h13H,4-10H2,1-3H3. The van der Waals surface area contributed by atoms with Gasteiger partial charge in [0, 0.05) is 46.3 Å². The van der Waals surface area contributed by atoms with Crippen LogP contribution in [-0.4, -0.2) is 70.9 Å². The molecule has 1 N–H and O–H groups in total. The van der Waals surface area contributed by atoms with Crippen LogP contribution in [0.3, 0.4) is 0 Å². The van der Waals surface area contributed by atoms with Crippen molar-refractivity contribution < 1.29 is 0 Å². The summed E-state index contributed by atoms with van der Waals surface area (Å²) in [7, 11) is 4.17. The van der Waals surface area contributed by atoms with E-state index in [1.807, 2.05) is 14.0 Å². The lowest BCUT2D eigenvalue weighted by molar-refractivity contribution is 0.200.